The normalized spacial score (nSPS) is 17.9. The van der Waals surface area contributed by atoms with Gasteiger partial charge in [0, 0.05) is 68.5 Å². The van der Waals surface area contributed by atoms with Crippen LogP contribution in [0.2, 0.25) is 0 Å². The minimum atomic E-state index is -0.242. The van der Waals surface area contributed by atoms with Crippen molar-refractivity contribution in [1.29, 1.82) is 0 Å². The van der Waals surface area contributed by atoms with Crippen LogP contribution in [-0.4, -0.2) is 65.3 Å². The van der Waals surface area contributed by atoms with Crippen molar-refractivity contribution < 1.29 is 9.13 Å². The maximum Gasteiger partial charge on any atom is 0.150 e. The first kappa shape index (κ1) is 21.5. The van der Waals surface area contributed by atoms with E-state index < -0.39 is 0 Å². The highest BCUT2D eigenvalue weighted by molar-refractivity contribution is 5.66. The molecular weight excluding hydrogens is 421 g/mol. The van der Waals surface area contributed by atoms with Crippen LogP contribution in [0.5, 0.6) is 0 Å². The molecule has 1 aromatic carbocycles. The van der Waals surface area contributed by atoms with Crippen LogP contribution in [0.1, 0.15) is 18.5 Å². The van der Waals surface area contributed by atoms with E-state index in [1.165, 1.54) is 12.1 Å². The summed E-state index contributed by atoms with van der Waals surface area (Å²) in [5.41, 5.74) is 2.08. The number of halogens is 1. The summed E-state index contributed by atoms with van der Waals surface area (Å²) in [4.78, 5) is 18.0. The van der Waals surface area contributed by atoms with Crippen LogP contribution >= 0.6 is 0 Å². The zero-order chi connectivity index (χ0) is 22.6. The first-order valence-electron chi connectivity index (χ1n) is 11.3. The molecule has 2 aliphatic heterocycles. The lowest BCUT2D eigenvalue weighted by atomic mass is 10.1. The number of ether oxygens (including phenoxy) is 1. The van der Waals surface area contributed by atoms with Gasteiger partial charge in [-0.2, -0.15) is 0 Å². The topological polar surface area (TPSA) is 78.4 Å². The van der Waals surface area contributed by atoms with Crippen molar-refractivity contribution in [1.82, 2.24) is 19.9 Å². The highest BCUT2D eigenvalue weighted by Crippen LogP contribution is 2.30. The number of morpholine rings is 1. The molecule has 2 aliphatic rings. The summed E-state index contributed by atoms with van der Waals surface area (Å²) in [5.74, 6) is 1.82. The summed E-state index contributed by atoms with van der Waals surface area (Å²) < 4.78 is 18.8. The zero-order valence-corrected chi connectivity index (χ0v) is 18.6. The molecule has 2 aromatic heterocycles. The summed E-state index contributed by atoms with van der Waals surface area (Å²) in [7, 11) is 0. The third-order valence-electron chi connectivity index (χ3n) is 6.15. The molecular formula is C24H28FN7O. The third-order valence-corrected chi connectivity index (χ3v) is 6.15. The molecule has 3 aromatic rings. The van der Waals surface area contributed by atoms with Crippen molar-refractivity contribution >= 4 is 23.1 Å². The van der Waals surface area contributed by atoms with Crippen molar-refractivity contribution in [2.24, 2.45) is 0 Å². The van der Waals surface area contributed by atoms with E-state index >= 15 is 0 Å². The molecule has 0 radical (unpaired) electrons. The maximum absolute atomic E-state index is 13.3. The van der Waals surface area contributed by atoms with Crippen LogP contribution in [0.25, 0.3) is 0 Å². The van der Waals surface area contributed by atoms with E-state index in [2.05, 4.69) is 36.5 Å². The van der Waals surface area contributed by atoms with Gasteiger partial charge in [0.1, 0.15) is 23.3 Å². The molecule has 0 amide bonds. The molecule has 0 spiro atoms. The largest absolute Gasteiger partial charge is 0.379 e. The van der Waals surface area contributed by atoms with Gasteiger partial charge in [-0.1, -0.05) is 12.1 Å². The summed E-state index contributed by atoms with van der Waals surface area (Å²) in [5, 5.41) is 6.71. The number of benzene rings is 1. The van der Waals surface area contributed by atoms with Crippen LogP contribution < -0.4 is 15.5 Å². The number of hydrogen-bond acceptors (Lipinski definition) is 8. The minimum absolute atomic E-state index is 0.0322. The summed E-state index contributed by atoms with van der Waals surface area (Å²) in [6.45, 7) is 7.60. The average molecular weight is 450 g/mol. The smallest absolute Gasteiger partial charge is 0.150 e. The third kappa shape index (κ3) is 5.20. The van der Waals surface area contributed by atoms with E-state index in [4.69, 9.17) is 9.72 Å². The lowest BCUT2D eigenvalue weighted by Crippen LogP contribution is -2.61. The van der Waals surface area contributed by atoms with Crippen molar-refractivity contribution in [3.63, 3.8) is 0 Å². The predicted octanol–water partition coefficient (Wildman–Crippen LogP) is 3.45. The Bertz CT molecular complexity index is 1050. The number of anilines is 4. The molecule has 9 heteroatoms. The number of pyridine rings is 1. The molecule has 8 nitrogen and oxygen atoms in total. The average Bonchev–Trinajstić information content (AvgIpc) is 2.80. The van der Waals surface area contributed by atoms with E-state index in [0.29, 0.717) is 17.7 Å². The van der Waals surface area contributed by atoms with Crippen LogP contribution in [0.15, 0.2) is 55.0 Å². The van der Waals surface area contributed by atoms with E-state index in [0.717, 1.165) is 56.5 Å². The van der Waals surface area contributed by atoms with Gasteiger partial charge in [-0.05, 0) is 24.6 Å². The lowest BCUT2D eigenvalue weighted by molar-refractivity contribution is 0.0105. The van der Waals surface area contributed by atoms with Gasteiger partial charge in [0.2, 0.25) is 0 Å². The first-order valence-corrected chi connectivity index (χ1v) is 11.3. The van der Waals surface area contributed by atoms with Gasteiger partial charge in [-0.25, -0.2) is 14.4 Å². The Labute approximate surface area is 192 Å². The van der Waals surface area contributed by atoms with E-state index in [9.17, 15) is 4.39 Å². The minimum Gasteiger partial charge on any atom is -0.379 e. The van der Waals surface area contributed by atoms with Crippen molar-refractivity contribution in [3.05, 3.63) is 66.4 Å². The van der Waals surface area contributed by atoms with Gasteiger partial charge < -0.3 is 20.3 Å². The van der Waals surface area contributed by atoms with Gasteiger partial charge in [0.05, 0.1) is 19.4 Å². The van der Waals surface area contributed by atoms with Crippen LogP contribution in [0.3, 0.4) is 0 Å². The Hall–Kier alpha value is -3.30. The summed E-state index contributed by atoms with van der Waals surface area (Å²) >= 11 is 0. The molecule has 33 heavy (non-hydrogen) atoms. The summed E-state index contributed by atoms with van der Waals surface area (Å²) in [6, 6.07) is 11.2. The van der Waals surface area contributed by atoms with E-state index in [1.54, 1.807) is 30.7 Å². The SMILES string of the molecule is C[C@H](Nc1cc(N2CC(N3CCOCC3)C2)cc(Nc2cnccn2)n1)c1ccc(F)cc1. The Morgan fingerprint density at radius 3 is 2.52 bits per heavy atom. The number of nitrogens with zero attached hydrogens (tertiary/aromatic N) is 5. The molecule has 4 heterocycles. The van der Waals surface area contributed by atoms with Gasteiger partial charge in [0.15, 0.2) is 0 Å². The van der Waals surface area contributed by atoms with Gasteiger partial charge >= 0.3 is 0 Å². The van der Waals surface area contributed by atoms with Crippen molar-refractivity contribution in [3.8, 4) is 0 Å². The first-order chi connectivity index (χ1) is 16.1. The fraction of sp³-hybridized carbons (Fsp3) is 0.375. The molecule has 0 aliphatic carbocycles. The van der Waals surface area contributed by atoms with Crippen molar-refractivity contribution in [2.45, 2.75) is 19.0 Å². The second-order valence-electron chi connectivity index (χ2n) is 8.44. The monoisotopic (exact) mass is 449 g/mol. The van der Waals surface area contributed by atoms with Crippen molar-refractivity contribution in [2.75, 3.05) is 54.9 Å². The van der Waals surface area contributed by atoms with Gasteiger partial charge in [0.25, 0.3) is 0 Å². The standard InChI is InChI=1S/C24H28FN7O/c1-17(18-2-4-19(25)5-3-18)28-22-12-20(13-23(29-22)30-24-14-26-6-7-27-24)32-15-21(16-32)31-8-10-33-11-9-31/h2-7,12-14,17,21H,8-11,15-16H2,1H3,(H2,27,28,29,30)/t17-/m0/s1. The number of nitrogens with one attached hydrogen (secondary N) is 2. The van der Waals surface area contributed by atoms with E-state index in [1.807, 2.05) is 13.0 Å². The number of rotatable bonds is 7. The highest BCUT2D eigenvalue weighted by Gasteiger charge is 2.33. The summed E-state index contributed by atoms with van der Waals surface area (Å²) in [6.07, 6.45) is 4.95. The number of aromatic nitrogens is 3. The highest BCUT2D eigenvalue weighted by atomic mass is 19.1. The zero-order valence-electron chi connectivity index (χ0n) is 18.6. The molecule has 5 rings (SSSR count). The molecule has 0 saturated carbocycles. The Morgan fingerprint density at radius 1 is 1.03 bits per heavy atom. The lowest BCUT2D eigenvalue weighted by Gasteiger charge is -2.47. The molecule has 172 valence electrons. The Morgan fingerprint density at radius 2 is 1.79 bits per heavy atom. The van der Waals surface area contributed by atoms with Crippen LogP contribution in [0, 0.1) is 5.82 Å². The second kappa shape index (κ2) is 9.68. The van der Waals surface area contributed by atoms with Gasteiger partial charge in [-0.15, -0.1) is 0 Å². The van der Waals surface area contributed by atoms with E-state index in [-0.39, 0.29) is 11.9 Å². The Balaban J connectivity index is 1.34. The second-order valence-corrected chi connectivity index (χ2v) is 8.44. The Kier molecular flexibility index (Phi) is 6.32. The molecule has 2 saturated heterocycles. The van der Waals surface area contributed by atoms with Gasteiger partial charge in [-0.3, -0.25) is 9.88 Å². The molecule has 2 N–H and O–H groups in total. The molecule has 1 atom stereocenters. The fourth-order valence-electron chi connectivity index (χ4n) is 4.23. The fourth-order valence-corrected chi connectivity index (χ4v) is 4.23. The molecule has 0 unspecified atom stereocenters. The molecule has 2 fully saturated rings. The molecule has 0 bridgehead atoms. The van der Waals surface area contributed by atoms with Crippen LogP contribution in [0.4, 0.5) is 27.5 Å². The quantitative estimate of drug-likeness (QED) is 0.568. The van der Waals surface area contributed by atoms with Crippen LogP contribution in [-0.2, 0) is 4.74 Å². The maximum atomic E-state index is 13.3. The number of hydrogen-bond donors (Lipinski definition) is 2. The predicted molar refractivity (Wildman–Crippen MR) is 126 cm³/mol.